The van der Waals surface area contributed by atoms with Crippen LogP contribution in [0.15, 0.2) is 42.5 Å². The fourth-order valence-corrected chi connectivity index (χ4v) is 3.88. The van der Waals surface area contributed by atoms with Gasteiger partial charge in [0, 0.05) is 6.04 Å². The first kappa shape index (κ1) is 14.6. The lowest BCUT2D eigenvalue weighted by molar-refractivity contribution is 0.302. The average molecular weight is 281 g/mol. The molecule has 1 N–H and O–H groups in total. The van der Waals surface area contributed by atoms with Gasteiger partial charge in [-0.05, 0) is 35.2 Å². The van der Waals surface area contributed by atoms with E-state index in [2.05, 4.69) is 54.7 Å². The standard InChI is InChI=1S/C20H27N/c1-2-21-20(15-16-9-4-3-5-10-16)19-14-8-12-17-11-6-7-13-18(17)19/h6-8,11-14,16,20-21H,2-5,9-10,15H2,1H3. The van der Waals surface area contributed by atoms with Gasteiger partial charge in [-0.1, -0.05) is 81.5 Å². The van der Waals surface area contributed by atoms with Crippen LogP contribution >= 0.6 is 0 Å². The molecule has 1 unspecified atom stereocenters. The van der Waals surface area contributed by atoms with Gasteiger partial charge < -0.3 is 5.32 Å². The molecule has 0 bridgehead atoms. The maximum atomic E-state index is 3.74. The molecule has 1 aliphatic carbocycles. The summed E-state index contributed by atoms with van der Waals surface area (Å²) in [5.41, 5.74) is 1.49. The summed E-state index contributed by atoms with van der Waals surface area (Å²) >= 11 is 0. The number of fused-ring (bicyclic) bond motifs is 1. The van der Waals surface area contributed by atoms with E-state index in [4.69, 9.17) is 0 Å². The van der Waals surface area contributed by atoms with E-state index in [1.807, 2.05) is 0 Å². The predicted molar refractivity (Wildman–Crippen MR) is 91.6 cm³/mol. The quantitative estimate of drug-likeness (QED) is 0.767. The molecule has 1 nitrogen and oxygen atoms in total. The summed E-state index contributed by atoms with van der Waals surface area (Å²) in [5.74, 6) is 0.904. The number of hydrogen-bond acceptors (Lipinski definition) is 1. The van der Waals surface area contributed by atoms with Crippen molar-refractivity contribution in [2.24, 2.45) is 5.92 Å². The van der Waals surface area contributed by atoms with Crippen LogP contribution in [-0.4, -0.2) is 6.54 Å². The first-order valence-electron chi connectivity index (χ1n) is 8.59. The van der Waals surface area contributed by atoms with Gasteiger partial charge in [-0.15, -0.1) is 0 Å². The second kappa shape index (κ2) is 7.09. The van der Waals surface area contributed by atoms with E-state index in [1.165, 1.54) is 54.9 Å². The number of benzene rings is 2. The van der Waals surface area contributed by atoms with Crippen molar-refractivity contribution in [3.05, 3.63) is 48.0 Å². The Morgan fingerprint density at radius 1 is 1.00 bits per heavy atom. The molecule has 1 aliphatic rings. The van der Waals surface area contributed by atoms with Crippen molar-refractivity contribution in [2.45, 2.75) is 51.5 Å². The molecule has 1 fully saturated rings. The van der Waals surface area contributed by atoms with Crippen molar-refractivity contribution in [2.75, 3.05) is 6.54 Å². The molecule has 0 heterocycles. The molecule has 1 saturated carbocycles. The van der Waals surface area contributed by atoms with Gasteiger partial charge in [0.2, 0.25) is 0 Å². The zero-order valence-electron chi connectivity index (χ0n) is 13.1. The van der Waals surface area contributed by atoms with Gasteiger partial charge in [0.1, 0.15) is 0 Å². The number of rotatable bonds is 5. The van der Waals surface area contributed by atoms with Crippen LogP contribution in [0.1, 0.15) is 57.1 Å². The maximum Gasteiger partial charge on any atom is 0.0328 e. The lowest BCUT2D eigenvalue weighted by Crippen LogP contribution is -2.24. The van der Waals surface area contributed by atoms with Gasteiger partial charge in [0.05, 0.1) is 0 Å². The van der Waals surface area contributed by atoms with Crippen LogP contribution in [0.5, 0.6) is 0 Å². The van der Waals surface area contributed by atoms with E-state index in [9.17, 15) is 0 Å². The van der Waals surface area contributed by atoms with Gasteiger partial charge in [-0.2, -0.15) is 0 Å². The Labute approximate surface area is 128 Å². The monoisotopic (exact) mass is 281 g/mol. The largest absolute Gasteiger partial charge is 0.310 e. The normalized spacial score (nSPS) is 18.0. The van der Waals surface area contributed by atoms with E-state index >= 15 is 0 Å². The Hall–Kier alpha value is -1.34. The molecule has 0 aromatic heterocycles. The molecule has 1 atom stereocenters. The first-order chi connectivity index (χ1) is 10.4. The molecule has 0 amide bonds. The van der Waals surface area contributed by atoms with Gasteiger partial charge in [-0.3, -0.25) is 0 Å². The number of nitrogens with one attached hydrogen (secondary N) is 1. The highest BCUT2D eigenvalue weighted by Crippen LogP contribution is 2.34. The molecule has 0 saturated heterocycles. The van der Waals surface area contributed by atoms with Crippen molar-refractivity contribution >= 4 is 10.8 Å². The van der Waals surface area contributed by atoms with Crippen LogP contribution in [-0.2, 0) is 0 Å². The molecule has 1 heteroatoms. The van der Waals surface area contributed by atoms with Crippen molar-refractivity contribution in [3.8, 4) is 0 Å². The Morgan fingerprint density at radius 3 is 2.57 bits per heavy atom. The molecular formula is C20H27N. The van der Waals surface area contributed by atoms with Crippen LogP contribution in [0, 0.1) is 5.92 Å². The zero-order valence-corrected chi connectivity index (χ0v) is 13.1. The Kier molecular flexibility index (Phi) is 4.92. The molecule has 2 aromatic rings. The Bertz CT molecular complexity index is 564. The van der Waals surface area contributed by atoms with Gasteiger partial charge in [0.25, 0.3) is 0 Å². The third kappa shape index (κ3) is 3.47. The lowest BCUT2D eigenvalue weighted by Gasteiger charge is -2.28. The fourth-order valence-electron chi connectivity index (χ4n) is 3.88. The van der Waals surface area contributed by atoms with E-state index in [0.717, 1.165) is 12.5 Å². The van der Waals surface area contributed by atoms with Crippen molar-refractivity contribution in [1.29, 1.82) is 0 Å². The van der Waals surface area contributed by atoms with Gasteiger partial charge >= 0.3 is 0 Å². The summed E-state index contributed by atoms with van der Waals surface area (Å²) in [7, 11) is 0. The van der Waals surface area contributed by atoms with Crippen molar-refractivity contribution < 1.29 is 0 Å². The van der Waals surface area contributed by atoms with Crippen molar-refractivity contribution in [3.63, 3.8) is 0 Å². The van der Waals surface area contributed by atoms with E-state index in [1.54, 1.807) is 0 Å². The van der Waals surface area contributed by atoms with E-state index in [-0.39, 0.29) is 0 Å². The predicted octanol–water partition coefficient (Wildman–Crippen LogP) is 5.46. The summed E-state index contributed by atoms with van der Waals surface area (Å²) in [6, 6.07) is 16.1. The Balaban J connectivity index is 1.87. The maximum absolute atomic E-state index is 3.74. The molecule has 0 aliphatic heterocycles. The van der Waals surface area contributed by atoms with Crippen LogP contribution in [0.3, 0.4) is 0 Å². The fraction of sp³-hybridized carbons (Fsp3) is 0.500. The van der Waals surface area contributed by atoms with E-state index in [0.29, 0.717) is 6.04 Å². The third-order valence-corrected chi connectivity index (χ3v) is 4.94. The molecule has 112 valence electrons. The molecule has 21 heavy (non-hydrogen) atoms. The molecular weight excluding hydrogens is 254 g/mol. The minimum atomic E-state index is 0.504. The minimum absolute atomic E-state index is 0.504. The van der Waals surface area contributed by atoms with Gasteiger partial charge in [0.15, 0.2) is 0 Å². The minimum Gasteiger partial charge on any atom is -0.310 e. The van der Waals surface area contributed by atoms with Crippen LogP contribution < -0.4 is 5.32 Å². The highest BCUT2D eigenvalue weighted by atomic mass is 14.9. The first-order valence-corrected chi connectivity index (χ1v) is 8.59. The lowest BCUT2D eigenvalue weighted by atomic mass is 9.82. The average Bonchev–Trinajstić information content (AvgIpc) is 2.55. The molecule has 3 rings (SSSR count). The second-order valence-corrected chi connectivity index (χ2v) is 6.42. The second-order valence-electron chi connectivity index (χ2n) is 6.42. The summed E-state index contributed by atoms with van der Waals surface area (Å²) < 4.78 is 0. The Morgan fingerprint density at radius 2 is 1.76 bits per heavy atom. The molecule has 2 aromatic carbocycles. The third-order valence-electron chi connectivity index (χ3n) is 4.94. The van der Waals surface area contributed by atoms with Crippen LogP contribution in [0.2, 0.25) is 0 Å². The summed E-state index contributed by atoms with van der Waals surface area (Å²) in [6.45, 7) is 3.26. The van der Waals surface area contributed by atoms with Crippen LogP contribution in [0.25, 0.3) is 10.8 Å². The SMILES string of the molecule is CCNC(CC1CCCCC1)c1cccc2ccccc12. The zero-order chi connectivity index (χ0) is 14.5. The molecule has 0 radical (unpaired) electrons. The summed E-state index contributed by atoms with van der Waals surface area (Å²) in [6.07, 6.45) is 8.44. The van der Waals surface area contributed by atoms with Crippen LogP contribution in [0.4, 0.5) is 0 Å². The highest BCUT2D eigenvalue weighted by Gasteiger charge is 2.20. The smallest absolute Gasteiger partial charge is 0.0328 e. The van der Waals surface area contributed by atoms with Gasteiger partial charge in [-0.25, -0.2) is 0 Å². The van der Waals surface area contributed by atoms with Crippen molar-refractivity contribution in [1.82, 2.24) is 5.32 Å². The topological polar surface area (TPSA) is 12.0 Å². The number of hydrogen-bond donors (Lipinski definition) is 1. The van der Waals surface area contributed by atoms with E-state index < -0.39 is 0 Å². The molecule has 0 spiro atoms. The summed E-state index contributed by atoms with van der Waals surface area (Å²) in [5, 5.41) is 6.52. The highest BCUT2D eigenvalue weighted by molar-refractivity contribution is 5.86. The summed E-state index contributed by atoms with van der Waals surface area (Å²) in [4.78, 5) is 0.